The van der Waals surface area contributed by atoms with Crippen molar-refractivity contribution in [1.29, 1.82) is 0 Å². The molecule has 2 N–H and O–H groups in total. The molecule has 1 aromatic carbocycles. The minimum atomic E-state index is -4.66. The van der Waals surface area contributed by atoms with Gasteiger partial charge in [-0.15, -0.1) is 10.2 Å². The van der Waals surface area contributed by atoms with E-state index in [9.17, 15) is 13.2 Å². The van der Waals surface area contributed by atoms with Crippen molar-refractivity contribution >= 4 is 11.8 Å². The molecule has 8 nitrogen and oxygen atoms in total. The lowest BCUT2D eigenvalue weighted by molar-refractivity contribution is -0.142. The number of aromatic nitrogens is 5. The normalized spacial score (nSPS) is 14.4. The Morgan fingerprint density at radius 3 is 2.54 bits per heavy atom. The minimum Gasteiger partial charge on any atom is -0.385 e. The number of alkyl halides is 3. The molecule has 0 aliphatic carbocycles. The van der Waals surface area contributed by atoms with Gasteiger partial charge in [-0.2, -0.15) is 32.7 Å². The maximum atomic E-state index is 13.6. The van der Waals surface area contributed by atoms with Crippen LogP contribution in [0.5, 0.6) is 0 Å². The maximum absolute atomic E-state index is 13.6. The first kappa shape index (κ1) is 16.0. The summed E-state index contributed by atoms with van der Waals surface area (Å²) in [4.78, 5) is 3.99. The third-order valence-electron chi connectivity index (χ3n) is 3.67. The zero-order chi connectivity index (χ0) is 18.3. The first-order chi connectivity index (χ1) is 12.4. The fourth-order valence-corrected chi connectivity index (χ4v) is 2.52. The average Bonchev–Trinajstić information content (AvgIpc) is 3.21. The van der Waals surface area contributed by atoms with E-state index in [0.717, 1.165) is 10.7 Å². The fraction of sp³-hybridized carbons (Fsp3) is 0.133. The second-order valence-electron chi connectivity index (χ2n) is 5.45. The van der Waals surface area contributed by atoms with Crippen LogP contribution in [0.25, 0.3) is 11.3 Å². The zero-order valence-electron chi connectivity index (χ0n) is 13.1. The van der Waals surface area contributed by atoms with E-state index in [2.05, 4.69) is 25.4 Å². The molecule has 4 rings (SSSR count). The van der Waals surface area contributed by atoms with Crippen LogP contribution in [-0.2, 0) is 12.6 Å². The van der Waals surface area contributed by atoms with Gasteiger partial charge in [0.1, 0.15) is 18.0 Å². The molecule has 0 radical (unpaired) electrons. The van der Waals surface area contributed by atoms with Crippen LogP contribution in [0.1, 0.15) is 11.5 Å². The molecule has 132 valence electrons. The van der Waals surface area contributed by atoms with Crippen molar-refractivity contribution < 1.29 is 13.2 Å². The molecule has 0 saturated heterocycles. The van der Waals surface area contributed by atoms with E-state index in [1.807, 2.05) is 0 Å². The Morgan fingerprint density at radius 1 is 1.04 bits per heavy atom. The van der Waals surface area contributed by atoms with Crippen molar-refractivity contribution in [3.8, 4) is 11.3 Å². The molecule has 0 amide bonds. The Balaban J connectivity index is 1.93. The zero-order valence-corrected chi connectivity index (χ0v) is 13.1. The van der Waals surface area contributed by atoms with Gasteiger partial charge < -0.3 is 5.73 Å². The van der Waals surface area contributed by atoms with Gasteiger partial charge in [-0.3, -0.25) is 0 Å². The van der Waals surface area contributed by atoms with Crippen molar-refractivity contribution in [2.45, 2.75) is 12.6 Å². The number of benzene rings is 1. The van der Waals surface area contributed by atoms with E-state index in [0.29, 0.717) is 16.1 Å². The Kier molecular flexibility index (Phi) is 3.56. The number of rotatable bonds is 1. The molecule has 0 unspecified atom stereocenters. The quantitative estimate of drug-likeness (QED) is 0.714. The summed E-state index contributed by atoms with van der Waals surface area (Å²) in [6, 6.07) is 9.47. The minimum absolute atomic E-state index is 0.109. The van der Waals surface area contributed by atoms with E-state index in [4.69, 9.17) is 5.73 Å². The second-order valence-corrected chi connectivity index (χ2v) is 5.45. The highest BCUT2D eigenvalue weighted by molar-refractivity contribution is 5.90. The number of amidine groups is 1. The second kappa shape index (κ2) is 5.79. The van der Waals surface area contributed by atoms with Crippen LogP contribution in [0.3, 0.4) is 0 Å². The highest BCUT2D eigenvalue weighted by atomic mass is 19.4. The number of nitrogens with zero attached hydrogens (tertiary/aromatic N) is 7. The van der Waals surface area contributed by atoms with Gasteiger partial charge in [0.2, 0.25) is 0 Å². The van der Waals surface area contributed by atoms with E-state index in [-0.39, 0.29) is 23.9 Å². The van der Waals surface area contributed by atoms with Crippen LogP contribution >= 0.6 is 0 Å². The number of halogens is 3. The molecule has 3 aromatic rings. The number of fused-ring (bicyclic) bond motifs is 1. The van der Waals surface area contributed by atoms with Crippen molar-refractivity contribution in [2.75, 3.05) is 0 Å². The van der Waals surface area contributed by atoms with E-state index in [1.54, 1.807) is 30.3 Å². The molecular weight excluding hydrogens is 349 g/mol. The summed E-state index contributed by atoms with van der Waals surface area (Å²) in [5.74, 6) is 0.165. The molecule has 26 heavy (non-hydrogen) atoms. The van der Waals surface area contributed by atoms with Gasteiger partial charge in [-0.25, -0.2) is 4.98 Å². The lowest BCUT2D eigenvalue weighted by atomic mass is 10.1. The van der Waals surface area contributed by atoms with Gasteiger partial charge in [0, 0.05) is 5.56 Å². The Morgan fingerprint density at radius 2 is 1.81 bits per heavy atom. The molecular formula is C15H11F3N8. The van der Waals surface area contributed by atoms with Crippen LogP contribution in [0.2, 0.25) is 0 Å². The van der Waals surface area contributed by atoms with Crippen LogP contribution in [-0.4, -0.2) is 36.3 Å². The molecule has 0 fully saturated rings. The Hall–Kier alpha value is -3.50. The van der Waals surface area contributed by atoms with Gasteiger partial charge >= 0.3 is 6.18 Å². The summed E-state index contributed by atoms with van der Waals surface area (Å²) in [5.41, 5.74) is 5.35. The van der Waals surface area contributed by atoms with Crippen LogP contribution in [0, 0.1) is 0 Å². The lowest BCUT2D eigenvalue weighted by Crippen LogP contribution is -2.29. The summed E-state index contributed by atoms with van der Waals surface area (Å²) in [6.07, 6.45) is -3.34. The largest absolute Gasteiger partial charge is 0.433 e. The molecule has 1 aliphatic heterocycles. The third-order valence-corrected chi connectivity index (χ3v) is 3.67. The molecule has 0 atom stereocenters. The third kappa shape index (κ3) is 2.72. The molecule has 3 heterocycles. The highest BCUT2D eigenvalue weighted by Gasteiger charge is 2.38. The fourth-order valence-electron chi connectivity index (χ4n) is 2.52. The molecule has 2 aromatic heterocycles. The van der Waals surface area contributed by atoms with Gasteiger partial charge in [0.25, 0.3) is 5.96 Å². The van der Waals surface area contributed by atoms with E-state index < -0.39 is 11.9 Å². The van der Waals surface area contributed by atoms with Gasteiger partial charge in [0.15, 0.2) is 5.69 Å². The molecule has 0 spiro atoms. The van der Waals surface area contributed by atoms with Gasteiger partial charge in [0.05, 0.1) is 12.1 Å². The Labute approximate surface area is 144 Å². The standard InChI is InChI=1S/C15H11F3N8/c16-15(17,18)11-6-10(9-4-2-1-3-5-9)24-25(11)14-23-22-12(19)7-13-20-8-21-26(13)14/h1-6,8H,7H2,(H2,19,22). The summed E-state index contributed by atoms with van der Waals surface area (Å²) in [5, 5.41) is 15.6. The molecule has 1 aliphatic rings. The van der Waals surface area contributed by atoms with E-state index in [1.165, 1.54) is 6.33 Å². The van der Waals surface area contributed by atoms with Gasteiger partial charge in [-0.1, -0.05) is 30.3 Å². The first-order valence-corrected chi connectivity index (χ1v) is 7.46. The SMILES string of the molecule is NC1=NN=C(n2nc(-c3ccccc3)cc2C(F)(F)F)n2ncnc2C1. The van der Waals surface area contributed by atoms with E-state index >= 15 is 0 Å². The molecule has 0 bridgehead atoms. The highest BCUT2D eigenvalue weighted by Crippen LogP contribution is 2.32. The summed E-state index contributed by atoms with van der Waals surface area (Å²) in [6.45, 7) is 0. The summed E-state index contributed by atoms with van der Waals surface area (Å²) >= 11 is 0. The van der Waals surface area contributed by atoms with Crippen molar-refractivity contribution in [3.05, 3.63) is 54.2 Å². The van der Waals surface area contributed by atoms with Crippen LogP contribution in [0.15, 0.2) is 52.9 Å². The molecule has 11 heteroatoms. The summed E-state index contributed by atoms with van der Waals surface area (Å²) in [7, 11) is 0. The number of hydrogen-bond donors (Lipinski definition) is 1. The predicted octanol–water partition coefficient (Wildman–Crippen LogP) is 1.74. The monoisotopic (exact) mass is 360 g/mol. The first-order valence-electron chi connectivity index (χ1n) is 7.46. The predicted molar refractivity (Wildman–Crippen MR) is 86.2 cm³/mol. The van der Waals surface area contributed by atoms with Crippen LogP contribution < -0.4 is 5.73 Å². The van der Waals surface area contributed by atoms with Crippen molar-refractivity contribution in [2.24, 2.45) is 15.9 Å². The smallest absolute Gasteiger partial charge is 0.385 e. The topological polar surface area (TPSA) is 99.3 Å². The summed E-state index contributed by atoms with van der Waals surface area (Å²) < 4.78 is 42.6. The lowest BCUT2D eigenvalue weighted by Gasteiger charge is -2.11. The number of nitrogens with two attached hydrogens (primary N) is 1. The molecule has 0 saturated carbocycles. The van der Waals surface area contributed by atoms with Crippen LogP contribution in [0.4, 0.5) is 13.2 Å². The van der Waals surface area contributed by atoms with Crippen molar-refractivity contribution in [1.82, 2.24) is 24.5 Å². The maximum Gasteiger partial charge on any atom is 0.433 e. The van der Waals surface area contributed by atoms with Crippen molar-refractivity contribution in [3.63, 3.8) is 0 Å². The average molecular weight is 360 g/mol. The van der Waals surface area contributed by atoms with Gasteiger partial charge in [-0.05, 0) is 6.07 Å². The Bertz CT molecular complexity index is 1010. The number of hydrogen-bond acceptors (Lipinski definition) is 6.